The summed E-state index contributed by atoms with van der Waals surface area (Å²) < 4.78 is 11.3. The van der Waals surface area contributed by atoms with E-state index in [-0.39, 0.29) is 6.10 Å². The molecule has 27 heavy (non-hydrogen) atoms. The summed E-state index contributed by atoms with van der Waals surface area (Å²) in [5.74, 6) is 0.866. The molecule has 1 atom stereocenters. The van der Waals surface area contributed by atoms with Crippen molar-refractivity contribution in [3.8, 4) is 5.75 Å². The van der Waals surface area contributed by atoms with Crippen LogP contribution in [0.3, 0.4) is 0 Å². The fourth-order valence-electron chi connectivity index (χ4n) is 3.17. The molecule has 1 aliphatic heterocycles. The van der Waals surface area contributed by atoms with E-state index in [4.69, 9.17) is 21.7 Å². The van der Waals surface area contributed by atoms with E-state index in [1.807, 2.05) is 31.2 Å². The summed E-state index contributed by atoms with van der Waals surface area (Å²) in [7, 11) is 0. The molecule has 5 heteroatoms. The van der Waals surface area contributed by atoms with Crippen LogP contribution in [0.15, 0.2) is 48.5 Å². The van der Waals surface area contributed by atoms with E-state index in [2.05, 4.69) is 41.4 Å². The average molecular weight is 385 g/mol. The highest BCUT2D eigenvalue weighted by Gasteiger charge is 2.21. The number of nitrogens with one attached hydrogen (secondary N) is 1. The lowest BCUT2D eigenvalue weighted by molar-refractivity contribution is 0.0905. The number of aryl methyl sites for hydroxylation is 1. The van der Waals surface area contributed by atoms with Gasteiger partial charge in [0.25, 0.3) is 0 Å². The molecule has 0 bridgehead atoms. The Morgan fingerprint density at radius 2 is 1.93 bits per heavy atom. The summed E-state index contributed by atoms with van der Waals surface area (Å²) in [5, 5.41) is 4.08. The molecule has 0 saturated carbocycles. The lowest BCUT2D eigenvalue weighted by Gasteiger charge is -2.28. The Morgan fingerprint density at radius 1 is 1.19 bits per heavy atom. The molecule has 0 amide bonds. The molecule has 0 radical (unpaired) electrons. The fourth-order valence-corrected chi connectivity index (χ4v) is 3.43. The van der Waals surface area contributed by atoms with Crippen molar-refractivity contribution in [3.63, 3.8) is 0 Å². The largest absolute Gasteiger partial charge is 0.494 e. The molecule has 4 nitrogen and oxygen atoms in total. The SMILES string of the molecule is CCOc1ccc(NC(=S)N(Cc2ccc(C)cc2)CC2CCCO2)cc1. The molecule has 3 rings (SSSR count). The molecule has 1 saturated heterocycles. The Labute approximate surface area is 167 Å². The van der Waals surface area contributed by atoms with E-state index < -0.39 is 0 Å². The number of nitrogens with zero attached hydrogens (tertiary/aromatic N) is 1. The molecular formula is C22H28N2O2S. The zero-order chi connectivity index (χ0) is 19.1. The van der Waals surface area contributed by atoms with Crippen molar-refractivity contribution in [3.05, 3.63) is 59.7 Å². The summed E-state index contributed by atoms with van der Waals surface area (Å²) in [6.45, 7) is 7.17. The molecule has 2 aromatic rings. The standard InChI is InChI=1S/C22H28N2O2S/c1-3-25-20-12-10-19(11-13-20)23-22(27)24(16-21-5-4-14-26-21)15-18-8-6-17(2)7-9-18/h6-13,21H,3-5,14-16H2,1-2H3,(H,23,27). The van der Waals surface area contributed by atoms with Gasteiger partial charge in [0.05, 0.1) is 12.7 Å². The minimum absolute atomic E-state index is 0.246. The van der Waals surface area contributed by atoms with E-state index in [1.165, 1.54) is 11.1 Å². The maximum atomic E-state index is 5.84. The first-order valence-corrected chi connectivity index (χ1v) is 10.0. The summed E-state index contributed by atoms with van der Waals surface area (Å²) >= 11 is 5.73. The third kappa shape index (κ3) is 5.94. The van der Waals surface area contributed by atoms with E-state index >= 15 is 0 Å². The second kappa shape index (κ2) is 9.72. The van der Waals surface area contributed by atoms with Gasteiger partial charge in [-0.05, 0) is 68.7 Å². The smallest absolute Gasteiger partial charge is 0.173 e. The maximum Gasteiger partial charge on any atom is 0.173 e. The van der Waals surface area contributed by atoms with Gasteiger partial charge in [0.1, 0.15) is 5.75 Å². The van der Waals surface area contributed by atoms with Gasteiger partial charge in [0.15, 0.2) is 5.11 Å². The van der Waals surface area contributed by atoms with Gasteiger partial charge in [-0.3, -0.25) is 0 Å². The number of hydrogen-bond acceptors (Lipinski definition) is 3. The van der Waals surface area contributed by atoms with Crippen LogP contribution in [0, 0.1) is 6.92 Å². The molecular weight excluding hydrogens is 356 g/mol. The lowest BCUT2D eigenvalue weighted by atomic mass is 10.1. The quantitative estimate of drug-likeness (QED) is 0.696. The number of hydrogen-bond donors (Lipinski definition) is 1. The summed E-state index contributed by atoms with van der Waals surface area (Å²) in [6, 6.07) is 16.5. The summed E-state index contributed by atoms with van der Waals surface area (Å²) in [4.78, 5) is 2.20. The summed E-state index contributed by atoms with van der Waals surface area (Å²) in [5.41, 5.74) is 3.47. The monoisotopic (exact) mass is 384 g/mol. The number of anilines is 1. The minimum Gasteiger partial charge on any atom is -0.494 e. The van der Waals surface area contributed by atoms with E-state index in [1.54, 1.807) is 0 Å². The second-order valence-corrected chi connectivity index (χ2v) is 7.28. The Hall–Kier alpha value is -2.11. The van der Waals surface area contributed by atoms with E-state index in [9.17, 15) is 0 Å². The predicted octanol–water partition coefficient (Wildman–Crippen LogP) is 4.77. The van der Waals surface area contributed by atoms with Gasteiger partial charge in [-0.2, -0.15) is 0 Å². The molecule has 1 unspecified atom stereocenters. The van der Waals surface area contributed by atoms with Crippen LogP contribution in [0.4, 0.5) is 5.69 Å². The van der Waals surface area contributed by atoms with Crippen LogP contribution < -0.4 is 10.1 Å². The highest BCUT2D eigenvalue weighted by Crippen LogP contribution is 2.19. The average Bonchev–Trinajstić information content (AvgIpc) is 3.18. The maximum absolute atomic E-state index is 5.84. The predicted molar refractivity (Wildman–Crippen MR) is 114 cm³/mol. The van der Waals surface area contributed by atoms with Crippen LogP contribution in [-0.4, -0.2) is 35.9 Å². The Bertz CT molecular complexity index is 725. The number of thiocarbonyl (C=S) groups is 1. The summed E-state index contributed by atoms with van der Waals surface area (Å²) in [6.07, 6.45) is 2.47. The van der Waals surface area contributed by atoms with Crippen molar-refractivity contribution in [2.45, 2.75) is 39.3 Å². The van der Waals surface area contributed by atoms with Gasteiger partial charge in [0.2, 0.25) is 0 Å². The molecule has 1 aliphatic rings. The zero-order valence-corrected chi connectivity index (χ0v) is 16.9. The molecule has 1 fully saturated rings. The highest BCUT2D eigenvalue weighted by atomic mass is 32.1. The number of ether oxygens (including phenoxy) is 2. The van der Waals surface area contributed by atoms with Crippen molar-refractivity contribution in [2.75, 3.05) is 25.1 Å². The molecule has 1 heterocycles. The van der Waals surface area contributed by atoms with Gasteiger partial charge in [0, 0.05) is 25.4 Å². The molecule has 144 valence electrons. The minimum atomic E-state index is 0.246. The zero-order valence-electron chi connectivity index (χ0n) is 16.1. The number of benzene rings is 2. The second-order valence-electron chi connectivity index (χ2n) is 6.89. The Kier molecular flexibility index (Phi) is 7.07. The molecule has 0 spiro atoms. The Balaban J connectivity index is 1.67. The van der Waals surface area contributed by atoms with Crippen LogP contribution in [0.1, 0.15) is 30.9 Å². The Morgan fingerprint density at radius 3 is 2.56 bits per heavy atom. The van der Waals surface area contributed by atoms with Crippen molar-refractivity contribution in [1.29, 1.82) is 0 Å². The van der Waals surface area contributed by atoms with E-state index in [0.717, 1.165) is 49.1 Å². The topological polar surface area (TPSA) is 33.7 Å². The van der Waals surface area contributed by atoms with Crippen LogP contribution in [0.25, 0.3) is 0 Å². The highest BCUT2D eigenvalue weighted by molar-refractivity contribution is 7.80. The van der Waals surface area contributed by atoms with Crippen molar-refractivity contribution in [2.24, 2.45) is 0 Å². The first-order chi connectivity index (χ1) is 13.1. The van der Waals surface area contributed by atoms with Crippen molar-refractivity contribution >= 4 is 23.0 Å². The van der Waals surface area contributed by atoms with Crippen LogP contribution >= 0.6 is 12.2 Å². The van der Waals surface area contributed by atoms with Gasteiger partial charge in [-0.25, -0.2) is 0 Å². The van der Waals surface area contributed by atoms with Crippen molar-refractivity contribution in [1.82, 2.24) is 4.90 Å². The van der Waals surface area contributed by atoms with Crippen LogP contribution in [-0.2, 0) is 11.3 Å². The first kappa shape index (κ1) is 19.6. The van der Waals surface area contributed by atoms with Crippen LogP contribution in [0.2, 0.25) is 0 Å². The molecule has 0 aromatic heterocycles. The first-order valence-electron chi connectivity index (χ1n) is 9.60. The van der Waals surface area contributed by atoms with Gasteiger partial charge in [-0.15, -0.1) is 0 Å². The number of rotatable bonds is 7. The van der Waals surface area contributed by atoms with Crippen LogP contribution in [0.5, 0.6) is 5.75 Å². The molecule has 1 N–H and O–H groups in total. The van der Waals surface area contributed by atoms with Gasteiger partial charge < -0.3 is 19.7 Å². The van der Waals surface area contributed by atoms with E-state index in [0.29, 0.717) is 6.61 Å². The van der Waals surface area contributed by atoms with Crippen molar-refractivity contribution < 1.29 is 9.47 Å². The molecule has 2 aromatic carbocycles. The third-order valence-electron chi connectivity index (χ3n) is 4.65. The van der Waals surface area contributed by atoms with Gasteiger partial charge >= 0.3 is 0 Å². The third-order valence-corrected chi connectivity index (χ3v) is 5.01. The van der Waals surface area contributed by atoms with Gasteiger partial charge in [-0.1, -0.05) is 29.8 Å². The molecule has 0 aliphatic carbocycles. The fraction of sp³-hybridized carbons (Fsp3) is 0.409. The lowest BCUT2D eigenvalue weighted by Crippen LogP contribution is -2.39. The normalized spacial score (nSPS) is 16.1.